The fourth-order valence-electron chi connectivity index (χ4n) is 1.64. The summed E-state index contributed by atoms with van der Waals surface area (Å²) in [6.45, 7) is 2.18. The second kappa shape index (κ2) is 12.2. The Balaban J connectivity index is 0.000000367. The zero-order chi connectivity index (χ0) is 15.2. The van der Waals surface area contributed by atoms with Gasteiger partial charge < -0.3 is 10.2 Å². The van der Waals surface area contributed by atoms with E-state index in [1.165, 1.54) is 25.7 Å². The van der Waals surface area contributed by atoms with E-state index in [9.17, 15) is 9.59 Å². The molecule has 0 atom stereocenters. The molecule has 0 bridgehead atoms. The molecule has 0 radical (unpaired) electrons. The molecule has 0 saturated heterocycles. The van der Waals surface area contributed by atoms with Crippen molar-refractivity contribution < 1.29 is 19.8 Å². The van der Waals surface area contributed by atoms with Gasteiger partial charge in [-0.05, 0) is 18.6 Å². The molecule has 20 heavy (non-hydrogen) atoms. The van der Waals surface area contributed by atoms with Crippen LogP contribution in [0.5, 0.6) is 0 Å². The third kappa shape index (κ3) is 11.3. The number of rotatable bonds is 8. The van der Waals surface area contributed by atoms with Crippen molar-refractivity contribution in [3.05, 3.63) is 35.9 Å². The molecule has 4 heteroatoms. The molecule has 2 N–H and O–H groups in total. The number of hydrogen-bond donors (Lipinski definition) is 2. The van der Waals surface area contributed by atoms with Gasteiger partial charge >= 0.3 is 11.9 Å². The van der Waals surface area contributed by atoms with Crippen LogP contribution in [-0.2, 0) is 4.79 Å². The SMILES string of the molecule is CCCCCCCCC(=O)O.O=C(O)c1ccccc1. The summed E-state index contributed by atoms with van der Waals surface area (Å²) in [5.41, 5.74) is 0.331. The van der Waals surface area contributed by atoms with E-state index in [-0.39, 0.29) is 0 Å². The van der Waals surface area contributed by atoms with Gasteiger partial charge in [-0.3, -0.25) is 4.79 Å². The third-order valence-corrected chi connectivity index (χ3v) is 2.76. The lowest BCUT2D eigenvalue weighted by molar-refractivity contribution is -0.137. The molecular formula is C16H24O4. The van der Waals surface area contributed by atoms with Gasteiger partial charge in [0.2, 0.25) is 0 Å². The van der Waals surface area contributed by atoms with Gasteiger partial charge in [-0.25, -0.2) is 4.79 Å². The highest BCUT2D eigenvalue weighted by atomic mass is 16.4. The first kappa shape index (κ1) is 18.2. The molecule has 0 aliphatic carbocycles. The van der Waals surface area contributed by atoms with E-state index in [1.54, 1.807) is 30.3 Å². The Labute approximate surface area is 120 Å². The molecule has 0 aliphatic rings. The summed E-state index contributed by atoms with van der Waals surface area (Å²) in [5.74, 6) is -1.55. The molecule has 0 aromatic heterocycles. The Hall–Kier alpha value is -1.84. The first-order chi connectivity index (χ1) is 9.57. The number of carbonyl (C=O) groups is 2. The molecule has 0 saturated carbocycles. The normalized spacial score (nSPS) is 9.45. The molecule has 0 amide bonds. The number of hydrogen-bond acceptors (Lipinski definition) is 2. The molecule has 0 fully saturated rings. The van der Waals surface area contributed by atoms with Crippen LogP contribution in [0.25, 0.3) is 0 Å². The standard InChI is InChI=1S/C9H18O2.C7H6O2/c1-2-3-4-5-6-7-8-9(10)11;8-7(9)6-4-2-1-3-5-6/h2-8H2,1H3,(H,10,11);1-5H,(H,8,9). The molecular weight excluding hydrogens is 256 g/mol. The Morgan fingerprint density at radius 3 is 1.90 bits per heavy atom. The van der Waals surface area contributed by atoms with E-state index in [4.69, 9.17) is 10.2 Å². The summed E-state index contributed by atoms with van der Waals surface area (Å²) in [4.78, 5) is 20.3. The summed E-state index contributed by atoms with van der Waals surface area (Å²) >= 11 is 0. The predicted octanol–water partition coefficient (Wildman–Crippen LogP) is 4.21. The fraction of sp³-hybridized carbons (Fsp3) is 0.500. The highest BCUT2D eigenvalue weighted by Crippen LogP contribution is 2.06. The quantitative estimate of drug-likeness (QED) is 0.699. The van der Waals surface area contributed by atoms with E-state index in [0.29, 0.717) is 12.0 Å². The predicted molar refractivity (Wildman–Crippen MR) is 79.0 cm³/mol. The monoisotopic (exact) mass is 280 g/mol. The van der Waals surface area contributed by atoms with Gasteiger partial charge in [0, 0.05) is 6.42 Å². The number of carboxylic acids is 2. The van der Waals surface area contributed by atoms with Gasteiger partial charge in [0.05, 0.1) is 5.56 Å². The van der Waals surface area contributed by atoms with E-state index < -0.39 is 11.9 Å². The van der Waals surface area contributed by atoms with Crippen LogP contribution in [0.3, 0.4) is 0 Å². The van der Waals surface area contributed by atoms with Crippen molar-refractivity contribution in [3.63, 3.8) is 0 Å². The van der Waals surface area contributed by atoms with Crippen molar-refractivity contribution in [2.75, 3.05) is 0 Å². The number of carboxylic acid groups (broad SMARTS) is 2. The van der Waals surface area contributed by atoms with Crippen LogP contribution in [0.15, 0.2) is 30.3 Å². The second-order valence-corrected chi connectivity index (χ2v) is 4.58. The highest BCUT2D eigenvalue weighted by Gasteiger charge is 1.96. The largest absolute Gasteiger partial charge is 0.481 e. The molecule has 1 rings (SSSR count). The van der Waals surface area contributed by atoms with Crippen molar-refractivity contribution in [2.45, 2.75) is 51.9 Å². The first-order valence-corrected chi connectivity index (χ1v) is 7.08. The summed E-state index contributed by atoms with van der Waals surface area (Å²) in [5, 5.41) is 16.7. The second-order valence-electron chi connectivity index (χ2n) is 4.58. The van der Waals surface area contributed by atoms with Crippen LogP contribution in [-0.4, -0.2) is 22.2 Å². The van der Waals surface area contributed by atoms with E-state index in [1.807, 2.05) is 0 Å². The smallest absolute Gasteiger partial charge is 0.335 e. The van der Waals surface area contributed by atoms with Gasteiger partial charge in [-0.1, -0.05) is 57.2 Å². The molecule has 1 aromatic rings. The van der Waals surface area contributed by atoms with E-state index >= 15 is 0 Å². The van der Waals surface area contributed by atoms with Crippen LogP contribution in [0.1, 0.15) is 62.2 Å². The Bertz CT molecular complexity index is 373. The summed E-state index contributed by atoms with van der Waals surface area (Å²) in [6.07, 6.45) is 7.25. The average Bonchev–Trinajstić information content (AvgIpc) is 2.44. The van der Waals surface area contributed by atoms with Crippen molar-refractivity contribution in [3.8, 4) is 0 Å². The average molecular weight is 280 g/mol. The summed E-state index contributed by atoms with van der Waals surface area (Å²) < 4.78 is 0. The third-order valence-electron chi connectivity index (χ3n) is 2.76. The van der Waals surface area contributed by atoms with Gasteiger partial charge in [0.15, 0.2) is 0 Å². The maximum atomic E-state index is 10.2. The number of aromatic carboxylic acids is 1. The van der Waals surface area contributed by atoms with Gasteiger partial charge in [-0.2, -0.15) is 0 Å². The fourth-order valence-corrected chi connectivity index (χ4v) is 1.64. The minimum Gasteiger partial charge on any atom is -0.481 e. The summed E-state index contributed by atoms with van der Waals surface area (Å²) in [7, 11) is 0. The molecule has 0 aliphatic heterocycles. The number of benzene rings is 1. The van der Waals surface area contributed by atoms with Crippen LogP contribution in [0.4, 0.5) is 0 Å². The van der Waals surface area contributed by atoms with Crippen LogP contribution in [0, 0.1) is 0 Å². The number of unbranched alkanes of at least 4 members (excludes halogenated alkanes) is 5. The topological polar surface area (TPSA) is 74.6 Å². The van der Waals surface area contributed by atoms with Gasteiger partial charge in [0.25, 0.3) is 0 Å². The van der Waals surface area contributed by atoms with E-state index in [0.717, 1.165) is 12.8 Å². The molecule has 0 unspecified atom stereocenters. The van der Waals surface area contributed by atoms with Gasteiger partial charge in [-0.15, -0.1) is 0 Å². The van der Waals surface area contributed by atoms with Crippen LogP contribution >= 0.6 is 0 Å². The maximum Gasteiger partial charge on any atom is 0.335 e. The molecule has 4 nitrogen and oxygen atoms in total. The van der Waals surface area contributed by atoms with Crippen molar-refractivity contribution >= 4 is 11.9 Å². The Morgan fingerprint density at radius 1 is 0.900 bits per heavy atom. The Kier molecular flexibility index (Phi) is 11.1. The lowest BCUT2D eigenvalue weighted by Gasteiger charge is -1.97. The van der Waals surface area contributed by atoms with Crippen molar-refractivity contribution in [1.29, 1.82) is 0 Å². The first-order valence-electron chi connectivity index (χ1n) is 7.08. The van der Waals surface area contributed by atoms with Crippen LogP contribution < -0.4 is 0 Å². The van der Waals surface area contributed by atoms with Gasteiger partial charge in [0.1, 0.15) is 0 Å². The minimum atomic E-state index is -0.879. The zero-order valence-electron chi connectivity index (χ0n) is 12.0. The maximum absolute atomic E-state index is 10.2. The molecule has 0 spiro atoms. The highest BCUT2D eigenvalue weighted by molar-refractivity contribution is 5.87. The van der Waals surface area contributed by atoms with Crippen LogP contribution in [0.2, 0.25) is 0 Å². The number of aliphatic carboxylic acids is 1. The lowest BCUT2D eigenvalue weighted by atomic mass is 10.1. The van der Waals surface area contributed by atoms with Crippen molar-refractivity contribution in [1.82, 2.24) is 0 Å². The lowest BCUT2D eigenvalue weighted by Crippen LogP contribution is -1.93. The summed E-state index contributed by atoms with van der Waals surface area (Å²) in [6, 6.07) is 8.30. The molecule has 112 valence electrons. The molecule has 0 heterocycles. The minimum absolute atomic E-state index is 0.331. The zero-order valence-corrected chi connectivity index (χ0v) is 12.0. The molecule has 1 aromatic carbocycles. The van der Waals surface area contributed by atoms with Crippen molar-refractivity contribution in [2.24, 2.45) is 0 Å². The Morgan fingerprint density at radius 2 is 1.45 bits per heavy atom. The van der Waals surface area contributed by atoms with E-state index in [2.05, 4.69) is 6.92 Å².